The van der Waals surface area contributed by atoms with Crippen molar-refractivity contribution in [2.45, 2.75) is 38.3 Å². The van der Waals surface area contributed by atoms with E-state index < -0.39 is 6.04 Å². The number of benzene rings is 1. The van der Waals surface area contributed by atoms with Gasteiger partial charge in [0.25, 0.3) is 0 Å². The lowest BCUT2D eigenvalue weighted by atomic mass is 10.1. The number of carbonyl (C=O) groups is 2. The van der Waals surface area contributed by atoms with Gasteiger partial charge in [-0.3, -0.25) is 9.59 Å². The molecule has 0 spiro atoms. The topological polar surface area (TPSA) is 78.4 Å². The molecule has 1 unspecified atom stereocenters. The average molecular weight is 262 g/mol. The zero-order chi connectivity index (χ0) is 13.8. The van der Waals surface area contributed by atoms with Gasteiger partial charge in [-0.15, -0.1) is 0 Å². The van der Waals surface area contributed by atoms with Gasteiger partial charge in [0.15, 0.2) is 0 Å². The number of hydrogen-bond acceptors (Lipinski definition) is 3. The predicted octanol–water partition coefficient (Wildman–Crippen LogP) is 0.718. The number of phenolic OH excluding ortho intramolecular Hbond substituents is 1. The molecule has 1 aromatic carbocycles. The first-order valence-corrected chi connectivity index (χ1v) is 6.43. The van der Waals surface area contributed by atoms with Crippen molar-refractivity contribution in [3.8, 4) is 5.75 Å². The van der Waals surface area contributed by atoms with E-state index in [4.69, 9.17) is 0 Å². The van der Waals surface area contributed by atoms with Crippen molar-refractivity contribution in [2.75, 3.05) is 0 Å². The standard InChI is InChI=1S/C14H18N2O3/c1-9(14(19)16-11-6-7-11)15-13(18)8-10-4-2-3-5-12(10)17/h2-5,9,11,17H,6-8H2,1H3,(H,15,18)(H,16,19). The Balaban J connectivity index is 1.83. The van der Waals surface area contributed by atoms with Crippen LogP contribution in [0.25, 0.3) is 0 Å². The Labute approximate surface area is 112 Å². The van der Waals surface area contributed by atoms with E-state index in [-0.39, 0.29) is 30.0 Å². The number of nitrogens with one attached hydrogen (secondary N) is 2. The molecule has 2 amide bonds. The van der Waals surface area contributed by atoms with E-state index >= 15 is 0 Å². The molecule has 5 heteroatoms. The van der Waals surface area contributed by atoms with Gasteiger partial charge in [-0.05, 0) is 25.8 Å². The molecule has 19 heavy (non-hydrogen) atoms. The van der Waals surface area contributed by atoms with Crippen LogP contribution in [0.1, 0.15) is 25.3 Å². The minimum absolute atomic E-state index is 0.0632. The molecule has 1 saturated carbocycles. The fourth-order valence-electron chi connectivity index (χ4n) is 1.75. The van der Waals surface area contributed by atoms with E-state index in [1.807, 2.05) is 0 Å². The van der Waals surface area contributed by atoms with Crippen LogP contribution >= 0.6 is 0 Å². The average Bonchev–Trinajstić information content (AvgIpc) is 3.16. The van der Waals surface area contributed by atoms with Crippen molar-refractivity contribution in [3.63, 3.8) is 0 Å². The molecule has 0 saturated heterocycles. The molecule has 0 aliphatic heterocycles. The van der Waals surface area contributed by atoms with E-state index in [0.717, 1.165) is 12.8 Å². The molecule has 5 nitrogen and oxygen atoms in total. The second-order valence-electron chi connectivity index (χ2n) is 4.88. The molecule has 0 bridgehead atoms. The first-order valence-electron chi connectivity index (χ1n) is 6.43. The van der Waals surface area contributed by atoms with Crippen LogP contribution in [0.5, 0.6) is 5.75 Å². The van der Waals surface area contributed by atoms with Crippen molar-refractivity contribution >= 4 is 11.8 Å². The molecule has 1 aromatic rings. The molecular formula is C14H18N2O3. The van der Waals surface area contributed by atoms with Crippen molar-refractivity contribution in [2.24, 2.45) is 0 Å². The summed E-state index contributed by atoms with van der Waals surface area (Å²) in [6.45, 7) is 1.65. The fraction of sp³-hybridized carbons (Fsp3) is 0.429. The largest absolute Gasteiger partial charge is 0.508 e. The Bertz CT molecular complexity index is 483. The maximum absolute atomic E-state index is 11.8. The van der Waals surface area contributed by atoms with Gasteiger partial charge in [0.2, 0.25) is 11.8 Å². The maximum atomic E-state index is 11.8. The molecule has 0 radical (unpaired) electrons. The Morgan fingerprint density at radius 1 is 1.37 bits per heavy atom. The van der Waals surface area contributed by atoms with Gasteiger partial charge in [0.05, 0.1) is 6.42 Å². The van der Waals surface area contributed by atoms with Gasteiger partial charge >= 0.3 is 0 Å². The highest BCUT2D eigenvalue weighted by molar-refractivity contribution is 5.88. The highest BCUT2D eigenvalue weighted by atomic mass is 16.3. The minimum atomic E-state index is -0.557. The third kappa shape index (κ3) is 3.98. The van der Waals surface area contributed by atoms with Gasteiger partial charge < -0.3 is 15.7 Å². The monoisotopic (exact) mass is 262 g/mol. The zero-order valence-corrected chi connectivity index (χ0v) is 10.8. The van der Waals surface area contributed by atoms with Gasteiger partial charge in [-0.2, -0.15) is 0 Å². The lowest BCUT2D eigenvalue weighted by Crippen LogP contribution is -2.45. The van der Waals surface area contributed by atoms with Crippen LogP contribution in [-0.2, 0) is 16.0 Å². The van der Waals surface area contributed by atoms with Gasteiger partial charge in [-0.1, -0.05) is 18.2 Å². The summed E-state index contributed by atoms with van der Waals surface area (Å²) in [7, 11) is 0. The number of para-hydroxylation sites is 1. The SMILES string of the molecule is CC(NC(=O)Cc1ccccc1O)C(=O)NC1CC1. The number of carbonyl (C=O) groups excluding carboxylic acids is 2. The van der Waals surface area contributed by atoms with Crippen molar-refractivity contribution in [3.05, 3.63) is 29.8 Å². The zero-order valence-electron chi connectivity index (χ0n) is 10.8. The van der Waals surface area contributed by atoms with Crippen LogP contribution in [0.15, 0.2) is 24.3 Å². The second kappa shape index (κ2) is 5.73. The highest BCUT2D eigenvalue weighted by Gasteiger charge is 2.26. The van der Waals surface area contributed by atoms with Gasteiger partial charge in [0.1, 0.15) is 11.8 Å². The number of phenols is 1. The van der Waals surface area contributed by atoms with Gasteiger partial charge in [-0.25, -0.2) is 0 Å². The Morgan fingerprint density at radius 2 is 2.05 bits per heavy atom. The van der Waals surface area contributed by atoms with Crippen LogP contribution in [0.2, 0.25) is 0 Å². The number of aromatic hydroxyl groups is 1. The third-order valence-corrected chi connectivity index (χ3v) is 3.04. The van der Waals surface area contributed by atoms with Crippen LogP contribution < -0.4 is 10.6 Å². The summed E-state index contributed by atoms with van der Waals surface area (Å²) < 4.78 is 0. The smallest absolute Gasteiger partial charge is 0.242 e. The second-order valence-corrected chi connectivity index (χ2v) is 4.88. The Morgan fingerprint density at radius 3 is 2.68 bits per heavy atom. The van der Waals surface area contributed by atoms with Crippen LogP contribution in [0, 0.1) is 0 Å². The van der Waals surface area contributed by atoms with Crippen LogP contribution in [0.3, 0.4) is 0 Å². The molecule has 2 rings (SSSR count). The highest BCUT2D eigenvalue weighted by Crippen LogP contribution is 2.18. The third-order valence-electron chi connectivity index (χ3n) is 3.04. The fourth-order valence-corrected chi connectivity index (χ4v) is 1.75. The summed E-state index contributed by atoms with van der Waals surface area (Å²) in [4.78, 5) is 23.5. The van der Waals surface area contributed by atoms with E-state index in [2.05, 4.69) is 10.6 Å². The van der Waals surface area contributed by atoms with E-state index in [1.165, 1.54) is 6.07 Å². The summed E-state index contributed by atoms with van der Waals surface area (Å²) >= 11 is 0. The summed E-state index contributed by atoms with van der Waals surface area (Å²) in [5.74, 6) is -0.346. The summed E-state index contributed by atoms with van der Waals surface area (Å²) in [6, 6.07) is 6.40. The normalized spacial score (nSPS) is 15.6. The number of rotatable bonds is 5. The quantitative estimate of drug-likeness (QED) is 0.731. The molecule has 1 aliphatic carbocycles. The summed E-state index contributed by atoms with van der Waals surface area (Å²) in [5, 5.41) is 15.0. The molecule has 3 N–H and O–H groups in total. The molecule has 1 aliphatic rings. The lowest BCUT2D eigenvalue weighted by molar-refractivity contribution is -0.128. The van der Waals surface area contributed by atoms with E-state index in [1.54, 1.807) is 25.1 Å². The number of amides is 2. The minimum Gasteiger partial charge on any atom is -0.508 e. The molecule has 1 fully saturated rings. The Hall–Kier alpha value is -2.04. The number of hydrogen-bond donors (Lipinski definition) is 3. The van der Waals surface area contributed by atoms with Crippen LogP contribution in [0.4, 0.5) is 0 Å². The summed E-state index contributed by atoms with van der Waals surface area (Å²) in [5.41, 5.74) is 0.551. The molecular weight excluding hydrogens is 244 g/mol. The van der Waals surface area contributed by atoms with E-state index in [0.29, 0.717) is 5.56 Å². The summed E-state index contributed by atoms with van der Waals surface area (Å²) in [6.07, 6.45) is 2.10. The lowest BCUT2D eigenvalue weighted by Gasteiger charge is -2.14. The molecule has 102 valence electrons. The molecule has 1 atom stereocenters. The van der Waals surface area contributed by atoms with Crippen molar-refractivity contribution in [1.29, 1.82) is 0 Å². The van der Waals surface area contributed by atoms with Gasteiger partial charge in [0, 0.05) is 11.6 Å². The molecule has 0 aromatic heterocycles. The van der Waals surface area contributed by atoms with E-state index in [9.17, 15) is 14.7 Å². The van der Waals surface area contributed by atoms with Crippen molar-refractivity contribution < 1.29 is 14.7 Å². The molecule has 0 heterocycles. The predicted molar refractivity (Wildman–Crippen MR) is 70.6 cm³/mol. The first-order chi connectivity index (χ1) is 9.06. The Kier molecular flexibility index (Phi) is 4.04. The van der Waals surface area contributed by atoms with Crippen LogP contribution in [-0.4, -0.2) is 29.0 Å². The maximum Gasteiger partial charge on any atom is 0.242 e. The first kappa shape index (κ1) is 13.4. The van der Waals surface area contributed by atoms with Crippen molar-refractivity contribution in [1.82, 2.24) is 10.6 Å².